The van der Waals surface area contributed by atoms with Gasteiger partial charge in [0.25, 0.3) is 0 Å². The molecule has 3 N–H and O–H groups in total. The molecule has 0 aliphatic carbocycles. The van der Waals surface area contributed by atoms with Gasteiger partial charge in [-0.1, -0.05) is 54.1 Å². The Hall–Kier alpha value is -2.16. The molecular formula is C22H29ClN4O3. The maximum atomic E-state index is 10.9. The first-order valence-electron chi connectivity index (χ1n) is 10.2. The lowest BCUT2D eigenvalue weighted by Crippen LogP contribution is -2.48. The number of benzene rings is 2. The van der Waals surface area contributed by atoms with Crippen molar-refractivity contribution in [1.82, 2.24) is 15.2 Å². The summed E-state index contributed by atoms with van der Waals surface area (Å²) in [6, 6.07) is 19.0. The number of nitrogens with zero attached hydrogens (tertiary/aromatic N) is 2. The Bertz CT molecular complexity index is 768. The van der Waals surface area contributed by atoms with Gasteiger partial charge in [0.15, 0.2) is 0 Å². The van der Waals surface area contributed by atoms with Crippen LogP contribution in [0.4, 0.5) is 4.79 Å². The minimum absolute atomic E-state index is 0.191. The number of amides is 1. The smallest absolute Gasteiger partial charge is 0.421 e. The van der Waals surface area contributed by atoms with Gasteiger partial charge in [-0.05, 0) is 23.3 Å². The molecule has 30 heavy (non-hydrogen) atoms. The highest BCUT2D eigenvalue weighted by Gasteiger charge is 2.26. The molecule has 0 saturated carbocycles. The van der Waals surface area contributed by atoms with Crippen molar-refractivity contribution < 1.29 is 14.3 Å². The van der Waals surface area contributed by atoms with Crippen molar-refractivity contribution in [3.63, 3.8) is 0 Å². The van der Waals surface area contributed by atoms with E-state index < -0.39 is 6.09 Å². The first-order chi connectivity index (χ1) is 14.7. The van der Waals surface area contributed by atoms with Gasteiger partial charge in [0.1, 0.15) is 6.61 Å². The summed E-state index contributed by atoms with van der Waals surface area (Å²) >= 11 is 6.11. The molecule has 162 valence electrons. The van der Waals surface area contributed by atoms with Crippen LogP contribution in [0, 0.1) is 0 Å². The van der Waals surface area contributed by atoms with Crippen LogP contribution in [0.5, 0.6) is 0 Å². The van der Waals surface area contributed by atoms with Crippen LogP contribution in [0.25, 0.3) is 0 Å². The third kappa shape index (κ3) is 6.68. The molecule has 2 aromatic rings. The molecule has 3 rings (SSSR count). The second-order valence-electron chi connectivity index (χ2n) is 7.14. The number of nitrogens with one attached hydrogen (secondary N) is 1. The van der Waals surface area contributed by atoms with E-state index in [4.69, 9.17) is 26.9 Å². The van der Waals surface area contributed by atoms with Crippen molar-refractivity contribution >= 4 is 17.7 Å². The van der Waals surface area contributed by atoms with Gasteiger partial charge in [-0.15, -0.1) is 0 Å². The zero-order chi connectivity index (χ0) is 21.2. The van der Waals surface area contributed by atoms with Gasteiger partial charge < -0.3 is 9.47 Å². The molecule has 1 aliphatic heterocycles. The maximum absolute atomic E-state index is 10.9. The highest BCUT2D eigenvalue weighted by atomic mass is 35.5. The molecule has 8 heteroatoms. The summed E-state index contributed by atoms with van der Waals surface area (Å²) < 4.78 is 10.3. The van der Waals surface area contributed by atoms with E-state index >= 15 is 0 Å². The van der Waals surface area contributed by atoms with Crippen LogP contribution in [0.3, 0.4) is 0 Å². The average Bonchev–Trinajstić information content (AvgIpc) is 2.79. The van der Waals surface area contributed by atoms with Crippen LogP contribution >= 0.6 is 11.6 Å². The zero-order valence-corrected chi connectivity index (χ0v) is 17.8. The van der Waals surface area contributed by atoms with Gasteiger partial charge in [-0.25, -0.2) is 10.6 Å². The van der Waals surface area contributed by atoms with E-state index in [1.807, 2.05) is 23.6 Å². The first kappa shape index (κ1) is 22.5. The summed E-state index contributed by atoms with van der Waals surface area (Å²) in [6.07, 6.45) is -0.650. The third-order valence-corrected chi connectivity index (χ3v) is 5.46. The predicted molar refractivity (Wildman–Crippen MR) is 117 cm³/mol. The van der Waals surface area contributed by atoms with Crippen LogP contribution in [0.15, 0.2) is 54.6 Å². The predicted octanol–water partition coefficient (Wildman–Crippen LogP) is 2.66. The van der Waals surface area contributed by atoms with E-state index in [2.05, 4.69) is 46.2 Å². The topological polar surface area (TPSA) is 80.1 Å². The molecule has 1 atom stereocenters. The lowest BCUT2D eigenvalue weighted by Gasteiger charge is -2.39. The molecule has 1 aliphatic rings. The molecule has 0 bridgehead atoms. The Morgan fingerprint density at radius 3 is 2.30 bits per heavy atom. The fourth-order valence-electron chi connectivity index (χ4n) is 3.67. The number of nitrogens with two attached hydrogens (primary N) is 1. The number of hydrogen-bond acceptors (Lipinski definition) is 6. The number of carbonyl (C=O) groups is 1. The van der Waals surface area contributed by atoms with Crippen LogP contribution in [-0.2, 0) is 9.47 Å². The first-order valence-corrected chi connectivity index (χ1v) is 10.5. The Kier molecular flexibility index (Phi) is 8.92. The van der Waals surface area contributed by atoms with Crippen LogP contribution in [0.2, 0.25) is 5.02 Å². The van der Waals surface area contributed by atoms with Crippen molar-refractivity contribution in [1.29, 1.82) is 0 Å². The van der Waals surface area contributed by atoms with Crippen molar-refractivity contribution in [2.75, 3.05) is 52.5 Å². The Labute approximate surface area is 182 Å². The normalized spacial score (nSPS) is 16.2. The van der Waals surface area contributed by atoms with E-state index in [9.17, 15) is 4.79 Å². The number of rotatable bonds is 9. The van der Waals surface area contributed by atoms with E-state index in [0.29, 0.717) is 13.2 Å². The number of hydrogen-bond donors (Lipinski definition) is 2. The number of hydrazine groups is 1. The largest absolute Gasteiger partial charge is 0.446 e. The van der Waals surface area contributed by atoms with Crippen LogP contribution in [-0.4, -0.2) is 68.4 Å². The Balaban J connectivity index is 1.49. The summed E-state index contributed by atoms with van der Waals surface area (Å²) in [5, 5.41) is 0.754. The van der Waals surface area contributed by atoms with Gasteiger partial charge in [0, 0.05) is 37.7 Å². The number of ether oxygens (including phenoxy) is 2. The quantitative estimate of drug-likeness (QED) is 0.274. The molecule has 1 unspecified atom stereocenters. The van der Waals surface area contributed by atoms with Gasteiger partial charge in [-0.2, -0.15) is 0 Å². The van der Waals surface area contributed by atoms with Crippen molar-refractivity contribution in [2.24, 2.45) is 5.84 Å². The average molecular weight is 433 g/mol. The Morgan fingerprint density at radius 2 is 1.63 bits per heavy atom. The van der Waals surface area contributed by atoms with Crippen LogP contribution < -0.4 is 11.3 Å². The molecule has 7 nitrogen and oxygen atoms in total. The van der Waals surface area contributed by atoms with Gasteiger partial charge >= 0.3 is 6.09 Å². The third-order valence-electron chi connectivity index (χ3n) is 5.20. The fraction of sp³-hybridized carbons (Fsp3) is 0.409. The van der Waals surface area contributed by atoms with Crippen molar-refractivity contribution in [3.8, 4) is 0 Å². The molecule has 1 amide bonds. The summed E-state index contributed by atoms with van der Waals surface area (Å²) in [6.45, 7) is 5.92. The molecule has 1 heterocycles. The van der Waals surface area contributed by atoms with Crippen molar-refractivity contribution in [2.45, 2.75) is 6.04 Å². The maximum Gasteiger partial charge on any atom is 0.421 e. The molecule has 1 fully saturated rings. The summed E-state index contributed by atoms with van der Waals surface area (Å²) in [5.74, 6) is 4.94. The summed E-state index contributed by atoms with van der Waals surface area (Å²) in [7, 11) is 0. The summed E-state index contributed by atoms with van der Waals surface area (Å²) in [5.41, 5.74) is 4.45. The highest BCUT2D eigenvalue weighted by molar-refractivity contribution is 6.30. The highest BCUT2D eigenvalue weighted by Crippen LogP contribution is 2.30. The van der Waals surface area contributed by atoms with Crippen molar-refractivity contribution in [3.05, 3.63) is 70.7 Å². The van der Waals surface area contributed by atoms with Gasteiger partial charge in [0.05, 0.1) is 19.3 Å². The molecule has 0 spiro atoms. The van der Waals surface area contributed by atoms with Gasteiger partial charge in [-0.3, -0.25) is 15.2 Å². The fourth-order valence-corrected chi connectivity index (χ4v) is 3.80. The van der Waals surface area contributed by atoms with Gasteiger partial charge in [0.2, 0.25) is 0 Å². The lowest BCUT2D eigenvalue weighted by atomic mass is 9.96. The van der Waals surface area contributed by atoms with E-state index in [1.165, 1.54) is 11.1 Å². The second kappa shape index (κ2) is 11.9. The number of piperazine rings is 1. The Morgan fingerprint density at radius 1 is 0.967 bits per heavy atom. The monoisotopic (exact) mass is 432 g/mol. The molecule has 1 saturated heterocycles. The molecule has 2 aromatic carbocycles. The van der Waals surface area contributed by atoms with E-state index in [0.717, 1.165) is 37.7 Å². The minimum Gasteiger partial charge on any atom is -0.446 e. The summed E-state index contributed by atoms with van der Waals surface area (Å²) in [4.78, 5) is 15.8. The molecular weight excluding hydrogens is 404 g/mol. The standard InChI is InChI=1S/C22H29ClN4O3/c23-20-8-6-19(7-9-20)21(18-4-2-1-3-5-18)27-12-10-26(11-13-27)14-15-29-16-17-30-22(28)25-24/h1-9,21H,10-17,24H2,(H,25,28). The molecule has 0 radical (unpaired) electrons. The molecule has 0 aromatic heterocycles. The number of carbonyl (C=O) groups excluding carboxylic acids is 1. The zero-order valence-electron chi connectivity index (χ0n) is 17.0. The van der Waals surface area contributed by atoms with E-state index in [1.54, 1.807) is 0 Å². The minimum atomic E-state index is -0.650. The van der Waals surface area contributed by atoms with Crippen LogP contribution in [0.1, 0.15) is 17.2 Å². The lowest BCUT2D eigenvalue weighted by molar-refractivity contribution is 0.0454. The SMILES string of the molecule is NNC(=O)OCCOCCN1CCN(C(c2ccccc2)c2ccc(Cl)cc2)CC1. The second-order valence-corrected chi connectivity index (χ2v) is 7.57. The number of halogens is 1. The van der Waals surface area contributed by atoms with E-state index in [-0.39, 0.29) is 12.6 Å².